The normalized spacial score (nSPS) is 11.9. The Morgan fingerprint density at radius 3 is 2.40 bits per heavy atom. The van der Waals surface area contributed by atoms with Gasteiger partial charge in [-0.3, -0.25) is 9.59 Å². The van der Waals surface area contributed by atoms with Crippen molar-refractivity contribution in [3.05, 3.63) is 35.4 Å². The average Bonchev–Trinajstić information content (AvgIpc) is 2.43. The molecule has 0 aliphatic rings. The van der Waals surface area contributed by atoms with Crippen molar-refractivity contribution in [3.63, 3.8) is 0 Å². The van der Waals surface area contributed by atoms with E-state index in [1.807, 2.05) is 45.0 Å². The third-order valence-electron chi connectivity index (χ3n) is 3.11. The zero-order valence-electron chi connectivity index (χ0n) is 12.5. The highest BCUT2D eigenvalue weighted by Gasteiger charge is 2.09. The summed E-state index contributed by atoms with van der Waals surface area (Å²) in [4.78, 5) is 23.6. The molecule has 0 aliphatic heterocycles. The topological polar surface area (TPSA) is 58.2 Å². The first-order chi connectivity index (χ1) is 9.52. The molecule has 0 bridgehead atoms. The Hall–Kier alpha value is -1.68. The first-order valence-electron chi connectivity index (χ1n) is 7.13. The van der Waals surface area contributed by atoms with Gasteiger partial charge < -0.3 is 10.6 Å². The highest BCUT2D eigenvalue weighted by Crippen LogP contribution is 2.07. The summed E-state index contributed by atoms with van der Waals surface area (Å²) in [6.45, 7) is 7.49. The van der Waals surface area contributed by atoms with E-state index in [0.29, 0.717) is 12.1 Å². The van der Waals surface area contributed by atoms with E-state index in [-0.39, 0.29) is 30.6 Å². The van der Waals surface area contributed by atoms with E-state index in [0.717, 1.165) is 12.1 Å². The van der Waals surface area contributed by atoms with Crippen LogP contribution >= 0.6 is 0 Å². The average molecular weight is 276 g/mol. The maximum atomic E-state index is 11.9. The number of hydrogen-bond donors (Lipinski definition) is 2. The number of benzene rings is 1. The number of rotatable bonds is 8. The number of aryl methyl sites for hydroxylation is 1. The van der Waals surface area contributed by atoms with Crippen LogP contribution in [0.4, 0.5) is 0 Å². The summed E-state index contributed by atoms with van der Waals surface area (Å²) in [6.07, 6.45) is 0.496. The van der Waals surface area contributed by atoms with Crippen LogP contribution < -0.4 is 10.6 Å². The van der Waals surface area contributed by atoms with Crippen LogP contribution in [0.3, 0.4) is 0 Å². The zero-order chi connectivity index (χ0) is 15.0. The van der Waals surface area contributed by atoms with E-state index in [1.165, 1.54) is 0 Å². The number of likely N-dealkylation sites (N-methyl/N-ethyl adjacent to an activating group) is 1. The predicted molar refractivity (Wildman–Crippen MR) is 80.9 cm³/mol. The van der Waals surface area contributed by atoms with Crippen LogP contribution in [0.5, 0.6) is 0 Å². The molecule has 1 rings (SSSR count). The Morgan fingerprint density at radius 1 is 1.15 bits per heavy atom. The lowest BCUT2D eigenvalue weighted by atomic mass is 10.0. The predicted octanol–water partition coefficient (Wildman–Crippen LogP) is 2.07. The molecule has 0 radical (unpaired) electrons. The van der Waals surface area contributed by atoms with E-state index >= 15 is 0 Å². The minimum atomic E-state index is -0.0739. The summed E-state index contributed by atoms with van der Waals surface area (Å²) in [5, 5.41) is 6.04. The molecule has 4 nitrogen and oxygen atoms in total. The number of hydrogen-bond acceptors (Lipinski definition) is 3. The largest absolute Gasteiger partial charge is 0.355 e. The molecule has 20 heavy (non-hydrogen) atoms. The van der Waals surface area contributed by atoms with Gasteiger partial charge in [0.05, 0.1) is 0 Å². The third-order valence-corrected chi connectivity index (χ3v) is 3.11. The summed E-state index contributed by atoms with van der Waals surface area (Å²) in [5.41, 5.74) is 1.79. The second-order valence-electron chi connectivity index (χ2n) is 5.05. The lowest BCUT2D eigenvalue weighted by molar-refractivity contribution is -0.121. The fourth-order valence-electron chi connectivity index (χ4n) is 1.89. The van der Waals surface area contributed by atoms with Gasteiger partial charge >= 0.3 is 0 Å². The highest BCUT2D eigenvalue weighted by atomic mass is 16.2. The van der Waals surface area contributed by atoms with Crippen molar-refractivity contribution in [2.75, 3.05) is 13.1 Å². The van der Waals surface area contributed by atoms with Crippen LogP contribution in [0, 0.1) is 6.92 Å². The van der Waals surface area contributed by atoms with Crippen LogP contribution in [-0.2, 0) is 4.79 Å². The molecule has 0 aromatic heterocycles. The molecule has 2 N–H and O–H groups in total. The molecule has 0 aliphatic carbocycles. The second-order valence-corrected chi connectivity index (χ2v) is 5.05. The van der Waals surface area contributed by atoms with E-state index in [9.17, 15) is 9.59 Å². The Labute approximate surface area is 121 Å². The smallest absolute Gasteiger partial charge is 0.220 e. The molecule has 0 saturated heterocycles. The van der Waals surface area contributed by atoms with Crippen molar-refractivity contribution < 1.29 is 9.59 Å². The number of amides is 1. The minimum Gasteiger partial charge on any atom is -0.355 e. The monoisotopic (exact) mass is 276 g/mol. The molecule has 0 fully saturated rings. The fraction of sp³-hybridized carbons (Fsp3) is 0.500. The van der Waals surface area contributed by atoms with Crippen molar-refractivity contribution in [2.24, 2.45) is 0 Å². The van der Waals surface area contributed by atoms with Crippen molar-refractivity contribution in [1.29, 1.82) is 0 Å². The molecule has 0 saturated carbocycles. The third kappa shape index (κ3) is 5.97. The van der Waals surface area contributed by atoms with Gasteiger partial charge in [0.2, 0.25) is 5.91 Å². The van der Waals surface area contributed by atoms with Gasteiger partial charge in [0.15, 0.2) is 5.78 Å². The standard InChI is InChI=1S/C16H24N2O2/c1-4-17-13(3)11-18-16(20)10-9-15(19)14-7-5-12(2)6-8-14/h5-8,13,17H,4,9-11H2,1-3H3,(H,18,20)/t13-/m1/s1. The molecule has 1 atom stereocenters. The molecule has 110 valence electrons. The molecule has 4 heteroatoms. The van der Waals surface area contributed by atoms with Crippen LogP contribution in [0.15, 0.2) is 24.3 Å². The Morgan fingerprint density at radius 2 is 1.80 bits per heavy atom. The molecule has 0 spiro atoms. The lowest BCUT2D eigenvalue weighted by Crippen LogP contribution is -2.38. The van der Waals surface area contributed by atoms with Crippen molar-refractivity contribution in [2.45, 2.75) is 39.7 Å². The second kappa shape index (κ2) is 8.48. The van der Waals surface area contributed by atoms with Gasteiger partial charge in [-0.25, -0.2) is 0 Å². The van der Waals surface area contributed by atoms with Gasteiger partial charge in [0.25, 0.3) is 0 Å². The maximum Gasteiger partial charge on any atom is 0.220 e. The van der Waals surface area contributed by atoms with Crippen LogP contribution in [0.25, 0.3) is 0 Å². The van der Waals surface area contributed by atoms with Gasteiger partial charge in [-0.05, 0) is 20.4 Å². The molecule has 1 amide bonds. The van der Waals surface area contributed by atoms with E-state index < -0.39 is 0 Å². The summed E-state index contributed by atoms with van der Waals surface area (Å²) < 4.78 is 0. The number of carbonyl (C=O) groups is 2. The molecular formula is C16H24N2O2. The molecule has 0 heterocycles. The summed E-state index contributed by atoms with van der Waals surface area (Å²) >= 11 is 0. The molecule has 0 unspecified atom stereocenters. The van der Waals surface area contributed by atoms with Crippen LogP contribution in [0.1, 0.15) is 42.6 Å². The van der Waals surface area contributed by atoms with Crippen molar-refractivity contribution in [3.8, 4) is 0 Å². The summed E-state index contributed by atoms with van der Waals surface area (Å²) in [5.74, 6) is -0.0601. The van der Waals surface area contributed by atoms with Gasteiger partial charge in [0, 0.05) is 31.0 Å². The quantitative estimate of drug-likeness (QED) is 0.715. The van der Waals surface area contributed by atoms with Crippen molar-refractivity contribution in [1.82, 2.24) is 10.6 Å². The number of carbonyl (C=O) groups excluding carboxylic acids is 2. The number of Topliss-reactive ketones (excluding diaryl/α,β-unsaturated/α-hetero) is 1. The minimum absolute atomic E-state index is 0.0138. The lowest BCUT2D eigenvalue weighted by Gasteiger charge is -2.13. The zero-order valence-corrected chi connectivity index (χ0v) is 12.5. The van der Waals surface area contributed by atoms with Gasteiger partial charge in [-0.1, -0.05) is 36.8 Å². The van der Waals surface area contributed by atoms with E-state index in [4.69, 9.17) is 0 Å². The number of nitrogens with one attached hydrogen (secondary N) is 2. The highest BCUT2D eigenvalue weighted by molar-refractivity contribution is 5.97. The Bertz CT molecular complexity index is 440. The SMILES string of the molecule is CCN[C@H](C)CNC(=O)CCC(=O)c1ccc(C)cc1. The molecular weight excluding hydrogens is 252 g/mol. The summed E-state index contributed by atoms with van der Waals surface area (Å²) in [6, 6.07) is 7.68. The Balaban J connectivity index is 2.30. The van der Waals surface area contributed by atoms with Gasteiger partial charge in [-0.2, -0.15) is 0 Å². The molecule has 1 aromatic rings. The maximum absolute atomic E-state index is 11.9. The van der Waals surface area contributed by atoms with Crippen molar-refractivity contribution >= 4 is 11.7 Å². The van der Waals surface area contributed by atoms with Gasteiger partial charge in [0.1, 0.15) is 0 Å². The first kappa shape index (κ1) is 16.4. The van der Waals surface area contributed by atoms with Crippen LogP contribution in [-0.4, -0.2) is 30.8 Å². The molecule has 1 aromatic carbocycles. The summed E-state index contributed by atoms with van der Waals surface area (Å²) in [7, 11) is 0. The Kier molecular flexibility index (Phi) is 6.94. The van der Waals surface area contributed by atoms with E-state index in [2.05, 4.69) is 10.6 Å². The van der Waals surface area contributed by atoms with Crippen LogP contribution in [0.2, 0.25) is 0 Å². The first-order valence-corrected chi connectivity index (χ1v) is 7.13. The van der Waals surface area contributed by atoms with Gasteiger partial charge in [-0.15, -0.1) is 0 Å². The van der Waals surface area contributed by atoms with E-state index in [1.54, 1.807) is 0 Å². The fourth-order valence-corrected chi connectivity index (χ4v) is 1.89. The number of ketones is 1.